The van der Waals surface area contributed by atoms with E-state index in [1.807, 2.05) is 0 Å². The Kier molecular flexibility index (Phi) is 4.77. The second kappa shape index (κ2) is 6.56. The van der Waals surface area contributed by atoms with Gasteiger partial charge in [-0.25, -0.2) is 4.98 Å². The molecular weight excluding hydrogens is 313 g/mol. The zero-order valence-electron chi connectivity index (χ0n) is 11.0. The van der Waals surface area contributed by atoms with E-state index in [9.17, 15) is 9.59 Å². The number of nitrogens with one attached hydrogen (secondary N) is 2. The van der Waals surface area contributed by atoms with Crippen LogP contribution in [0.3, 0.4) is 0 Å². The molecule has 0 bridgehead atoms. The topological polar surface area (TPSA) is 71.1 Å². The molecule has 0 aliphatic heterocycles. The quantitative estimate of drug-likeness (QED) is 0.853. The third-order valence-corrected chi connectivity index (χ3v) is 3.23. The Bertz CT molecular complexity index is 704. The van der Waals surface area contributed by atoms with E-state index in [-0.39, 0.29) is 11.1 Å². The molecule has 2 aromatic rings. The van der Waals surface area contributed by atoms with Crippen molar-refractivity contribution in [3.05, 3.63) is 57.8 Å². The van der Waals surface area contributed by atoms with Gasteiger partial charge in [0, 0.05) is 24.4 Å². The Morgan fingerprint density at radius 3 is 2.43 bits per heavy atom. The van der Waals surface area contributed by atoms with E-state index in [0.29, 0.717) is 21.8 Å². The maximum absolute atomic E-state index is 12.1. The number of halogens is 2. The zero-order chi connectivity index (χ0) is 15.4. The first-order chi connectivity index (χ1) is 10.0. The van der Waals surface area contributed by atoms with Crippen molar-refractivity contribution in [2.75, 3.05) is 12.4 Å². The molecule has 108 valence electrons. The molecule has 0 fully saturated rings. The predicted octanol–water partition coefficient (Wildman–Crippen LogP) is 3.00. The van der Waals surface area contributed by atoms with Crippen LogP contribution in [0.4, 0.5) is 5.69 Å². The van der Waals surface area contributed by atoms with Gasteiger partial charge < -0.3 is 10.6 Å². The molecule has 1 aromatic heterocycles. The molecular formula is C14H11Cl2N3O2. The minimum atomic E-state index is -0.393. The highest BCUT2D eigenvalue weighted by atomic mass is 35.5. The molecule has 0 aliphatic carbocycles. The standard InChI is InChI=1S/C14H11Cl2N3O2/c1-17-13(20)8-2-3-10(15)11(6-8)19-14(21)9-4-5-18-12(16)7-9/h2-7H,1H3,(H,17,20)(H,19,21). The fourth-order valence-corrected chi connectivity index (χ4v) is 1.98. The number of carbonyl (C=O) groups is 2. The van der Waals surface area contributed by atoms with E-state index in [1.54, 1.807) is 12.1 Å². The molecule has 0 atom stereocenters. The summed E-state index contributed by atoms with van der Waals surface area (Å²) in [4.78, 5) is 27.5. The Labute approximate surface area is 131 Å². The van der Waals surface area contributed by atoms with Crippen LogP contribution in [-0.4, -0.2) is 23.8 Å². The first-order valence-electron chi connectivity index (χ1n) is 5.96. The van der Waals surface area contributed by atoms with Crippen LogP contribution < -0.4 is 10.6 Å². The van der Waals surface area contributed by atoms with Crippen LogP contribution in [0.25, 0.3) is 0 Å². The molecule has 7 heteroatoms. The molecule has 2 rings (SSSR count). The summed E-state index contributed by atoms with van der Waals surface area (Å²) in [6.45, 7) is 0. The zero-order valence-corrected chi connectivity index (χ0v) is 12.5. The first-order valence-corrected chi connectivity index (χ1v) is 6.71. The second-order valence-corrected chi connectivity index (χ2v) is 4.89. The molecule has 0 aliphatic rings. The number of rotatable bonds is 3. The number of nitrogens with zero attached hydrogens (tertiary/aromatic N) is 1. The number of hydrogen-bond donors (Lipinski definition) is 2. The van der Waals surface area contributed by atoms with Crippen molar-refractivity contribution < 1.29 is 9.59 Å². The Balaban J connectivity index is 2.26. The SMILES string of the molecule is CNC(=O)c1ccc(Cl)c(NC(=O)c2ccnc(Cl)c2)c1. The van der Waals surface area contributed by atoms with Gasteiger partial charge in [0.05, 0.1) is 10.7 Å². The van der Waals surface area contributed by atoms with Gasteiger partial charge in [-0.3, -0.25) is 9.59 Å². The number of anilines is 1. The smallest absolute Gasteiger partial charge is 0.255 e. The molecule has 5 nitrogen and oxygen atoms in total. The lowest BCUT2D eigenvalue weighted by Crippen LogP contribution is -2.18. The molecule has 0 saturated carbocycles. The monoisotopic (exact) mass is 323 g/mol. The third kappa shape index (κ3) is 3.71. The van der Waals surface area contributed by atoms with Gasteiger partial charge in [-0.05, 0) is 30.3 Å². The summed E-state index contributed by atoms with van der Waals surface area (Å²) >= 11 is 11.8. The van der Waals surface area contributed by atoms with Gasteiger partial charge in [0.15, 0.2) is 0 Å². The summed E-state index contributed by atoms with van der Waals surface area (Å²) in [7, 11) is 1.52. The molecule has 1 heterocycles. The van der Waals surface area contributed by atoms with Gasteiger partial charge in [0.1, 0.15) is 5.15 Å². The third-order valence-electron chi connectivity index (χ3n) is 2.69. The van der Waals surface area contributed by atoms with Crippen molar-refractivity contribution in [2.24, 2.45) is 0 Å². The van der Waals surface area contributed by atoms with E-state index < -0.39 is 5.91 Å². The van der Waals surface area contributed by atoms with Gasteiger partial charge in [0.2, 0.25) is 0 Å². The first kappa shape index (κ1) is 15.3. The highest BCUT2D eigenvalue weighted by molar-refractivity contribution is 6.34. The summed E-state index contributed by atoms with van der Waals surface area (Å²) in [5.74, 6) is -0.663. The summed E-state index contributed by atoms with van der Waals surface area (Å²) in [6, 6.07) is 7.58. The molecule has 2 amide bonds. The maximum atomic E-state index is 12.1. The van der Waals surface area contributed by atoms with Gasteiger partial charge in [-0.15, -0.1) is 0 Å². The molecule has 0 radical (unpaired) electrons. The number of pyridine rings is 1. The molecule has 2 N–H and O–H groups in total. The van der Waals surface area contributed by atoms with Crippen LogP contribution in [0.2, 0.25) is 10.2 Å². The number of amides is 2. The van der Waals surface area contributed by atoms with Gasteiger partial charge in [-0.2, -0.15) is 0 Å². The van der Waals surface area contributed by atoms with Crippen LogP contribution in [0.5, 0.6) is 0 Å². The van der Waals surface area contributed by atoms with Crippen LogP contribution in [0.1, 0.15) is 20.7 Å². The van der Waals surface area contributed by atoms with E-state index in [2.05, 4.69) is 15.6 Å². The van der Waals surface area contributed by atoms with Crippen molar-refractivity contribution in [1.82, 2.24) is 10.3 Å². The van der Waals surface area contributed by atoms with E-state index >= 15 is 0 Å². The summed E-state index contributed by atoms with van der Waals surface area (Å²) in [5.41, 5.74) is 1.08. The van der Waals surface area contributed by atoms with Crippen molar-refractivity contribution in [3.63, 3.8) is 0 Å². The van der Waals surface area contributed by atoms with E-state index in [0.717, 1.165) is 0 Å². The molecule has 0 spiro atoms. The van der Waals surface area contributed by atoms with Crippen molar-refractivity contribution in [2.45, 2.75) is 0 Å². The average Bonchev–Trinajstić information content (AvgIpc) is 2.48. The summed E-state index contributed by atoms with van der Waals surface area (Å²) < 4.78 is 0. The van der Waals surface area contributed by atoms with Crippen LogP contribution >= 0.6 is 23.2 Å². The lowest BCUT2D eigenvalue weighted by atomic mass is 10.1. The highest BCUT2D eigenvalue weighted by Gasteiger charge is 2.12. The molecule has 21 heavy (non-hydrogen) atoms. The van der Waals surface area contributed by atoms with E-state index in [1.165, 1.54) is 31.4 Å². The Morgan fingerprint density at radius 1 is 1.05 bits per heavy atom. The Hall–Kier alpha value is -2.11. The average molecular weight is 324 g/mol. The summed E-state index contributed by atoms with van der Waals surface area (Å²) in [6.07, 6.45) is 1.43. The largest absolute Gasteiger partial charge is 0.355 e. The Morgan fingerprint density at radius 2 is 1.76 bits per heavy atom. The number of benzene rings is 1. The number of aromatic nitrogens is 1. The van der Waals surface area contributed by atoms with Gasteiger partial charge in [-0.1, -0.05) is 23.2 Å². The van der Waals surface area contributed by atoms with Crippen LogP contribution in [-0.2, 0) is 0 Å². The van der Waals surface area contributed by atoms with Crippen molar-refractivity contribution >= 4 is 40.7 Å². The van der Waals surface area contributed by atoms with E-state index in [4.69, 9.17) is 23.2 Å². The molecule has 0 saturated heterocycles. The minimum absolute atomic E-state index is 0.216. The fraction of sp³-hybridized carbons (Fsp3) is 0.0714. The fourth-order valence-electron chi connectivity index (χ4n) is 1.64. The normalized spacial score (nSPS) is 10.0. The molecule has 0 unspecified atom stereocenters. The minimum Gasteiger partial charge on any atom is -0.355 e. The summed E-state index contributed by atoms with van der Waals surface area (Å²) in [5, 5.41) is 5.68. The van der Waals surface area contributed by atoms with Crippen LogP contribution in [0, 0.1) is 0 Å². The van der Waals surface area contributed by atoms with Crippen molar-refractivity contribution in [3.8, 4) is 0 Å². The number of carbonyl (C=O) groups excluding carboxylic acids is 2. The highest BCUT2D eigenvalue weighted by Crippen LogP contribution is 2.24. The lowest BCUT2D eigenvalue weighted by Gasteiger charge is -2.09. The van der Waals surface area contributed by atoms with Crippen LogP contribution in [0.15, 0.2) is 36.5 Å². The maximum Gasteiger partial charge on any atom is 0.255 e. The van der Waals surface area contributed by atoms with Gasteiger partial charge >= 0.3 is 0 Å². The number of hydrogen-bond acceptors (Lipinski definition) is 3. The lowest BCUT2D eigenvalue weighted by molar-refractivity contribution is 0.0961. The molecule has 1 aromatic carbocycles. The second-order valence-electron chi connectivity index (χ2n) is 4.10. The van der Waals surface area contributed by atoms with Crippen molar-refractivity contribution in [1.29, 1.82) is 0 Å². The predicted molar refractivity (Wildman–Crippen MR) is 82.0 cm³/mol. The van der Waals surface area contributed by atoms with Gasteiger partial charge in [0.25, 0.3) is 11.8 Å².